The Balaban J connectivity index is 2.21. The lowest BCUT2D eigenvalue weighted by Gasteiger charge is -2.37. The lowest BCUT2D eigenvalue weighted by molar-refractivity contribution is -0.0285. The van der Waals surface area contributed by atoms with Gasteiger partial charge in [-0.15, -0.1) is 0 Å². The fraction of sp³-hybridized carbons (Fsp3) is 0.647. The number of benzene rings is 1. The first-order valence-corrected chi connectivity index (χ1v) is 10.00. The molecule has 0 aliphatic heterocycles. The molecule has 1 aliphatic carbocycles. The maximum absolute atomic E-state index is 11.2. The van der Waals surface area contributed by atoms with Crippen LogP contribution in [0.1, 0.15) is 59.4 Å². The van der Waals surface area contributed by atoms with Crippen molar-refractivity contribution in [2.45, 2.75) is 70.6 Å². The van der Waals surface area contributed by atoms with E-state index in [9.17, 15) is 4.80 Å². The van der Waals surface area contributed by atoms with Crippen LogP contribution in [0, 0.1) is 0 Å². The van der Waals surface area contributed by atoms with E-state index in [1.165, 1.54) is 0 Å². The Morgan fingerprint density at radius 3 is 2.09 bits per heavy atom. The maximum atomic E-state index is 11.2. The minimum Gasteiger partial charge on any atom is -0.389 e. The molecule has 0 saturated heterocycles. The first kappa shape index (κ1) is 18.0. The van der Waals surface area contributed by atoms with Gasteiger partial charge in [0, 0.05) is 10.6 Å². The van der Waals surface area contributed by atoms with Crippen molar-refractivity contribution in [2.24, 2.45) is 0 Å². The van der Waals surface area contributed by atoms with Crippen LogP contribution in [0.3, 0.4) is 0 Å². The summed E-state index contributed by atoms with van der Waals surface area (Å²) in [6.45, 7) is 11.7. The average molecular weight is 343 g/mol. The molecule has 0 aromatic heterocycles. The predicted molar refractivity (Wildman–Crippen MR) is 92.2 cm³/mol. The molecule has 3 nitrogen and oxygen atoms in total. The first-order valence-electron chi connectivity index (χ1n) is 7.78. The van der Waals surface area contributed by atoms with Gasteiger partial charge in [0.25, 0.3) is 0 Å². The molecule has 2 atom stereocenters. The molecule has 0 heterocycles. The highest BCUT2D eigenvalue weighted by atomic mass is 35.5. The zero-order valence-electron chi connectivity index (χ0n) is 14.3. The van der Waals surface area contributed by atoms with Gasteiger partial charge >= 0.3 is 8.80 Å². The summed E-state index contributed by atoms with van der Waals surface area (Å²) in [7, 11) is -3.29. The van der Waals surface area contributed by atoms with Gasteiger partial charge in [-0.2, -0.15) is 0 Å². The van der Waals surface area contributed by atoms with Gasteiger partial charge in [0.1, 0.15) is 0 Å². The van der Waals surface area contributed by atoms with E-state index in [4.69, 9.17) is 20.5 Å². The molecule has 0 radical (unpaired) electrons. The molecule has 0 bridgehead atoms. The molecule has 1 fully saturated rings. The highest BCUT2D eigenvalue weighted by Gasteiger charge is 2.62. The van der Waals surface area contributed by atoms with Crippen LogP contribution in [0.25, 0.3) is 0 Å². The molecule has 1 aromatic rings. The number of hydrogen-bond acceptors (Lipinski definition) is 3. The Morgan fingerprint density at radius 1 is 1.09 bits per heavy atom. The first-order chi connectivity index (χ1) is 9.90. The number of halogens is 1. The summed E-state index contributed by atoms with van der Waals surface area (Å²) < 4.78 is 12.1. The molecular weight excluding hydrogens is 316 g/mol. The van der Waals surface area contributed by atoms with Crippen molar-refractivity contribution in [1.82, 2.24) is 0 Å². The summed E-state index contributed by atoms with van der Waals surface area (Å²) >= 11 is 6.08. The van der Waals surface area contributed by atoms with E-state index in [2.05, 4.69) is 6.07 Å². The number of hydrogen-bond donors (Lipinski definition) is 1. The van der Waals surface area contributed by atoms with Crippen molar-refractivity contribution in [3.05, 3.63) is 34.9 Å². The zero-order valence-corrected chi connectivity index (χ0v) is 16.1. The van der Waals surface area contributed by atoms with E-state index in [0.29, 0.717) is 0 Å². The highest BCUT2D eigenvalue weighted by Crippen LogP contribution is 2.59. The van der Waals surface area contributed by atoms with Gasteiger partial charge < -0.3 is 13.6 Å². The van der Waals surface area contributed by atoms with Gasteiger partial charge in [0.15, 0.2) is 0 Å². The van der Waals surface area contributed by atoms with Crippen LogP contribution in [0.15, 0.2) is 24.3 Å². The molecule has 1 aliphatic rings. The van der Waals surface area contributed by atoms with E-state index < -0.39 is 20.0 Å². The summed E-state index contributed by atoms with van der Waals surface area (Å²) in [4.78, 5) is 11.2. The third-order valence-corrected chi connectivity index (χ3v) is 7.06. The summed E-state index contributed by atoms with van der Waals surface area (Å²) in [6, 6.07) is 7.83. The Hall–Kier alpha value is -0.393. The molecule has 0 unspecified atom stereocenters. The standard InChI is InChI=1S/C17H27ClO3Si/c1-16(2,3)20-22(19,21-17(4,5)6)15-11-14(15)12-8-7-9-13(18)10-12/h7-10,14-15,19H,11H2,1-6H3/t14-,15+/m0/s1. The maximum Gasteiger partial charge on any atom is 0.502 e. The molecule has 1 saturated carbocycles. The quantitative estimate of drug-likeness (QED) is 0.802. The van der Waals surface area contributed by atoms with Crippen LogP contribution in [-0.4, -0.2) is 24.8 Å². The van der Waals surface area contributed by atoms with E-state index in [0.717, 1.165) is 17.0 Å². The second kappa shape index (κ2) is 5.91. The molecule has 0 spiro atoms. The largest absolute Gasteiger partial charge is 0.502 e. The van der Waals surface area contributed by atoms with Crippen molar-refractivity contribution in [3.63, 3.8) is 0 Å². The average Bonchev–Trinajstić information content (AvgIpc) is 3.03. The third-order valence-electron chi connectivity index (χ3n) is 3.44. The summed E-state index contributed by atoms with van der Waals surface area (Å²) in [5, 5.41) is 0.724. The van der Waals surface area contributed by atoms with Gasteiger partial charge in [0.2, 0.25) is 0 Å². The van der Waals surface area contributed by atoms with Crippen molar-refractivity contribution in [3.8, 4) is 0 Å². The molecular formula is C17H27ClO3Si. The zero-order chi connectivity index (χ0) is 16.8. The second-order valence-electron chi connectivity index (χ2n) is 8.06. The fourth-order valence-corrected chi connectivity index (χ4v) is 6.30. The topological polar surface area (TPSA) is 38.7 Å². The van der Waals surface area contributed by atoms with Crippen LogP contribution in [0.5, 0.6) is 0 Å². The lowest BCUT2D eigenvalue weighted by Crippen LogP contribution is -2.52. The van der Waals surface area contributed by atoms with Crippen LogP contribution in [0.2, 0.25) is 10.6 Å². The lowest BCUT2D eigenvalue weighted by atomic mass is 10.1. The molecule has 5 heteroatoms. The van der Waals surface area contributed by atoms with Gasteiger partial charge in [0.05, 0.1) is 11.2 Å². The van der Waals surface area contributed by atoms with E-state index in [-0.39, 0.29) is 11.5 Å². The van der Waals surface area contributed by atoms with Gasteiger partial charge in [-0.05, 0) is 71.6 Å². The Bertz CT molecular complexity index is 517. The molecule has 0 amide bonds. The second-order valence-corrected chi connectivity index (χ2v) is 10.9. The molecule has 22 heavy (non-hydrogen) atoms. The van der Waals surface area contributed by atoms with Crippen LogP contribution in [0.4, 0.5) is 0 Å². The minimum atomic E-state index is -3.29. The van der Waals surface area contributed by atoms with Crippen molar-refractivity contribution in [1.29, 1.82) is 0 Å². The normalized spacial score (nSPS) is 22.7. The van der Waals surface area contributed by atoms with Gasteiger partial charge in [-0.1, -0.05) is 23.7 Å². The van der Waals surface area contributed by atoms with Gasteiger partial charge in [-0.3, -0.25) is 0 Å². The third kappa shape index (κ3) is 4.80. The van der Waals surface area contributed by atoms with Crippen LogP contribution >= 0.6 is 11.6 Å². The smallest absolute Gasteiger partial charge is 0.389 e. The Labute approximate surface area is 140 Å². The molecule has 124 valence electrons. The monoisotopic (exact) mass is 342 g/mol. The minimum absolute atomic E-state index is 0.0458. The molecule has 2 rings (SSSR count). The van der Waals surface area contributed by atoms with E-state index in [1.807, 2.05) is 59.7 Å². The highest BCUT2D eigenvalue weighted by molar-refractivity contribution is 6.62. The summed E-state index contributed by atoms with van der Waals surface area (Å²) in [5.41, 5.74) is 0.323. The van der Waals surface area contributed by atoms with Crippen molar-refractivity contribution in [2.75, 3.05) is 0 Å². The van der Waals surface area contributed by atoms with E-state index >= 15 is 0 Å². The summed E-state index contributed by atoms with van der Waals surface area (Å²) in [5.74, 6) is 0.264. The van der Waals surface area contributed by atoms with Gasteiger partial charge in [-0.25, -0.2) is 0 Å². The molecule has 1 N–H and O–H groups in total. The van der Waals surface area contributed by atoms with E-state index in [1.54, 1.807) is 0 Å². The van der Waals surface area contributed by atoms with Crippen molar-refractivity contribution < 1.29 is 13.6 Å². The summed E-state index contributed by atoms with van der Waals surface area (Å²) in [6.07, 6.45) is 0.884. The Morgan fingerprint density at radius 2 is 1.64 bits per heavy atom. The van der Waals surface area contributed by atoms with Crippen molar-refractivity contribution >= 4 is 20.4 Å². The number of rotatable bonds is 4. The Kier molecular flexibility index (Phi) is 4.82. The molecule has 1 aromatic carbocycles. The fourth-order valence-electron chi connectivity index (χ4n) is 2.75. The predicted octanol–water partition coefficient (Wildman–Crippen LogP) is 4.76. The van der Waals surface area contributed by atoms with Crippen LogP contribution in [-0.2, 0) is 8.85 Å². The van der Waals surface area contributed by atoms with Crippen LogP contribution < -0.4 is 0 Å². The SMILES string of the molecule is CC(C)(C)O[Si](O)(OC(C)(C)C)[C@@H]1C[C@H]1c1cccc(Cl)c1.